The zero-order chi connectivity index (χ0) is 20.8. The van der Waals surface area contributed by atoms with Gasteiger partial charge in [0.15, 0.2) is 5.13 Å². The number of nitrogens with zero attached hydrogens (tertiary/aromatic N) is 3. The highest BCUT2D eigenvalue weighted by Crippen LogP contribution is 2.49. The van der Waals surface area contributed by atoms with Crippen LogP contribution in [0.15, 0.2) is 0 Å². The van der Waals surface area contributed by atoms with E-state index in [2.05, 4.69) is 15.0 Å². The van der Waals surface area contributed by atoms with Gasteiger partial charge in [-0.05, 0) is 58.3 Å². The van der Waals surface area contributed by atoms with Crippen molar-refractivity contribution in [3.63, 3.8) is 0 Å². The average molecular weight is 429 g/mol. The summed E-state index contributed by atoms with van der Waals surface area (Å²) in [4.78, 5) is 29.5. The van der Waals surface area contributed by atoms with Crippen molar-refractivity contribution in [2.24, 2.45) is 5.92 Å². The lowest BCUT2D eigenvalue weighted by Crippen LogP contribution is -2.26. The van der Waals surface area contributed by atoms with E-state index in [4.69, 9.17) is 9.84 Å². The first-order valence-electron chi connectivity index (χ1n) is 11.1. The lowest BCUT2D eigenvalue weighted by Gasteiger charge is -2.29. The lowest BCUT2D eigenvalue weighted by molar-refractivity contribution is -0.149. The number of carbonyl (C=O) groups is 2. The zero-order valence-corrected chi connectivity index (χ0v) is 18.4. The highest BCUT2D eigenvalue weighted by molar-refractivity contribution is 7.19. The zero-order valence-electron chi connectivity index (χ0n) is 17.6. The summed E-state index contributed by atoms with van der Waals surface area (Å²) in [7, 11) is 0. The molecule has 0 aliphatic heterocycles. The van der Waals surface area contributed by atoms with Crippen molar-refractivity contribution in [2.45, 2.75) is 77.2 Å². The number of aromatic nitrogens is 3. The van der Waals surface area contributed by atoms with Crippen LogP contribution in [-0.4, -0.2) is 33.2 Å². The van der Waals surface area contributed by atoms with Gasteiger partial charge in [0.25, 0.3) is 0 Å². The molecule has 5 rings (SSSR count). The largest absolute Gasteiger partial charge is 0.466 e. The van der Waals surface area contributed by atoms with E-state index in [1.54, 1.807) is 11.3 Å². The van der Waals surface area contributed by atoms with Crippen LogP contribution in [0.5, 0.6) is 0 Å². The number of anilines is 1. The molecular formula is C22H28N4O3S. The number of amides is 1. The van der Waals surface area contributed by atoms with E-state index >= 15 is 0 Å². The van der Waals surface area contributed by atoms with E-state index in [1.807, 2.05) is 6.92 Å². The summed E-state index contributed by atoms with van der Waals surface area (Å²) in [6.07, 6.45) is 7.91. The van der Waals surface area contributed by atoms with Crippen LogP contribution in [0.3, 0.4) is 0 Å². The molecule has 0 atom stereocenters. The van der Waals surface area contributed by atoms with Crippen LogP contribution in [0, 0.1) is 5.92 Å². The maximum absolute atomic E-state index is 12.1. The third-order valence-electron chi connectivity index (χ3n) is 6.47. The summed E-state index contributed by atoms with van der Waals surface area (Å²) in [5.41, 5.74) is 4.94. The number of aryl methyl sites for hydroxylation is 1. The van der Waals surface area contributed by atoms with Crippen LogP contribution in [0.1, 0.15) is 81.3 Å². The van der Waals surface area contributed by atoms with E-state index in [1.165, 1.54) is 36.7 Å². The molecule has 1 amide bonds. The minimum atomic E-state index is -0.0919. The minimum absolute atomic E-state index is 0.0147. The molecule has 7 nitrogen and oxygen atoms in total. The van der Waals surface area contributed by atoms with Gasteiger partial charge in [-0.1, -0.05) is 11.3 Å². The van der Waals surface area contributed by atoms with Crippen molar-refractivity contribution in [1.29, 1.82) is 0 Å². The fraction of sp³-hybridized carbons (Fsp3) is 0.636. The molecule has 3 aliphatic rings. The Labute approximate surface area is 180 Å². The third-order valence-corrected chi connectivity index (χ3v) is 7.49. The molecule has 3 aliphatic carbocycles. The van der Waals surface area contributed by atoms with Crippen LogP contribution in [0.25, 0.3) is 10.6 Å². The summed E-state index contributed by atoms with van der Waals surface area (Å²) in [6, 6.07) is 0.300. The van der Waals surface area contributed by atoms with Gasteiger partial charge < -0.3 is 10.1 Å². The molecule has 30 heavy (non-hydrogen) atoms. The number of carbonyl (C=O) groups excluding carboxylic acids is 2. The fourth-order valence-corrected chi connectivity index (χ4v) is 6.02. The summed E-state index contributed by atoms with van der Waals surface area (Å²) >= 11 is 1.56. The van der Waals surface area contributed by atoms with Crippen LogP contribution in [0.4, 0.5) is 5.13 Å². The monoisotopic (exact) mass is 428 g/mol. The molecule has 2 fully saturated rings. The molecule has 2 aromatic rings. The second kappa shape index (κ2) is 7.80. The van der Waals surface area contributed by atoms with Crippen molar-refractivity contribution < 1.29 is 14.3 Å². The predicted octanol–water partition coefficient (Wildman–Crippen LogP) is 4.24. The van der Waals surface area contributed by atoms with Crippen molar-refractivity contribution in [2.75, 3.05) is 11.9 Å². The Bertz CT molecular complexity index is 983. The highest BCUT2D eigenvalue weighted by atomic mass is 32.1. The molecule has 0 spiro atoms. The molecule has 2 saturated carbocycles. The number of nitrogens with one attached hydrogen (secondary N) is 1. The standard InChI is InChI=1S/C22H28N4O3S/c1-3-29-21(28)14-6-8-15(9-7-14)26-19-16(18(25-26)13-4-5-13)10-11-17-20(19)30-22(24-17)23-12(2)27/h13-15H,3-11H2,1-2H3,(H,23,24,27). The van der Waals surface area contributed by atoms with Crippen LogP contribution < -0.4 is 5.32 Å². The summed E-state index contributed by atoms with van der Waals surface area (Å²) in [6.45, 7) is 3.82. The highest BCUT2D eigenvalue weighted by Gasteiger charge is 2.38. The topological polar surface area (TPSA) is 86.1 Å². The number of thiazole rings is 1. The third kappa shape index (κ3) is 3.55. The van der Waals surface area contributed by atoms with Gasteiger partial charge in [-0.15, -0.1) is 0 Å². The SMILES string of the molecule is CCOC(=O)C1CCC(n2nc(C3CC3)c3c2-c2sc(NC(C)=O)nc2CC3)CC1. The van der Waals surface area contributed by atoms with Crippen LogP contribution in [-0.2, 0) is 27.2 Å². The molecule has 2 heterocycles. The van der Waals surface area contributed by atoms with Gasteiger partial charge in [-0.3, -0.25) is 14.3 Å². The van der Waals surface area contributed by atoms with E-state index < -0.39 is 0 Å². The van der Waals surface area contributed by atoms with Crippen molar-refractivity contribution in [3.05, 3.63) is 17.0 Å². The number of rotatable bonds is 5. The smallest absolute Gasteiger partial charge is 0.308 e. The van der Waals surface area contributed by atoms with Crippen LogP contribution >= 0.6 is 11.3 Å². The molecule has 0 unspecified atom stereocenters. The summed E-state index contributed by atoms with van der Waals surface area (Å²) < 4.78 is 7.48. The van der Waals surface area contributed by atoms with Gasteiger partial charge >= 0.3 is 5.97 Å². The average Bonchev–Trinajstić information content (AvgIpc) is 3.37. The summed E-state index contributed by atoms with van der Waals surface area (Å²) in [5.74, 6) is 0.466. The Hall–Kier alpha value is -2.22. The molecule has 1 N–H and O–H groups in total. The molecular weight excluding hydrogens is 400 g/mol. The first-order chi connectivity index (χ1) is 14.5. The molecule has 160 valence electrons. The number of hydrogen-bond donors (Lipinski definition) is 1. The second-order valence-electron chi connectivity index (χ2n) is 8.66. The maximum atomic E-state index is 12.1. The number of hydrogen-bond acceptors (Lipinski definition) is 6. The Kier molecular flexibility index (Phi) is 5.13. The minimum Gasteiger partial charge on any atom is -0.466 e. The Morgan fingerprint density at radius 3 is 2.60 bits per heavy atom. The number of esters is 1. The van der Waals surface area contributed by atoms with Crippen molar-refractivity contribution in [1.82, 2.24) is 14.8 Å². The Morgan fingerprint density at radius 1 is 1.17 bits per heavy atom. The van der Waals surface area contributed by atoms with E-state index in [0.717, 1.165) is 49.1 Å². The molecule has 0 bridgehead atoms. The molecule has 2 aromatic heterocycles. The van der Waals surface area contributed by atoms with Crippen molar-refractivity contribution in [3.8, 4) is 10.6 Å². The van der Waals surface area contributed by atoms with E-state index in [-0.39, 0.29) is 17.8 Å². The van der Waals surface area contributed by atoms with Gasteiger partial charge in [0.2, 0.25) is 5.91 Å². The number of fused-ring (bicyclic) bond motifs is 3. The van der Waals surface area contributed by atoms with E-state index in [9.17, 15) is 9.59 Å². The van der Waals surface area contributed by atoms with Gasteiger partial charge in [0.05, 0.1) is 40.5 Å². The van der Waals surface area contributed by atoms with Crippen LogP contribution in [0.2, 0.25) is 0 Å². The van der Waals surface area contributed by atoms with Gasteiger partial charge in [-0.2, -0.15) is 5.10 Å². The fourth-order valence-electron chi connectivity index (χ4n) is 4.89. The molecule has 0 saturated heterocycles. The quantitative estimate of drug-likeness (QED) is 0.720. The van der Waals surface area contributed by atoms with Gasteiger partial charge in [0.1, 0.15) is 0 Å². The molecule has 0 aromatic carbocycles. The Balaban J connectivity index is 1.46. The van der Waals surface area contributed by atoms with E-state index in [0.29, 0.717) is 23.7 Å². The van der Waals surface area contributed by atoms with Gasteiger partial charge in [0, 0.05) is 18.4 Å². The maximum Gasteiger partial charge on any atom is 0.308 e. The lowest BCUT2D eigenvalue weighted by atomic mass is 9.85. The molecule has 0 radical (unpaired) electrons. The Morgan fingerprint density at radius 2 is 1.93 bits per heavy atom. The first-order valence-corrected chi connectivity index (χ1v) is 11.9. The molecule has 8 heteroatoms. The second-order valence-corrected chi connectivity index (χ2v) is 9.66. The normalized spacial score (nSPS) is 22.9. The number of ether oxygens (including phenoxy) is 1. The van der Waals surface area contributed by atoms with Crippen molar-refractivity contribution >= 4 is 28.3 Å². The summed E-state index contributed by atoms with van der Waals surface area (Å²) in [5, 5.41) is 8.67. The van der Waals surface area contributed by atoms with Gasteiger partial charge in [-0.25, -0.2) is 4.98 Å². The predicted molar refractivity (Wildman–Crippen MR) is 115 cm³/mol. The first kappa shape index (κ1) is 19.7.